The van der Waals surface area contributed by atoms with Gasteiger partial charge in [-0.15, -0.1) is 0 Å². The minimum atomic E-state index is 0.733. The summed E-state index contributed by atoms with van der Waals surface area (Å²) in [5.74, 6) is 0.952. The highest BCUT2D eigenvalue weighted by Gasteiger charge is 2.05. The molecule has 0 saturated carbocycles. The van der Waals surface area contributed by atoms with Gasteiger partial charge in [-0.05, 0) is 13.8 Å². The molecule has 0 unspecified atom stereocenters. The number of nitrogens with zero attached hydrogens (tertiary/aromatic N) is 2. The second kappa shape index (κ2) is 7.24. The highest BCUT2D eigenvalue weighted by molar-refractivity contribution is 5.30. The van der Waals surface area contributed by atoms with Crippen molar-refractivity contribution in [3.05, 3.63) is 11.9 Å². The number of methoxy groups -OCH3 is 1. The number of aromatic amines is 1. The van der Waals surface area contributed by atoms with Crippen molar-refractivity contribution >= 4 is 5.95 Å². The molecule has 1 aromatic rings. The van der Waals surface area contributed by atoms with Crippen molar-refractivity contribution in [2.24, 2.45) is 0 Å². The molecule has 0 amide bonds. The van der Waals surface area contributed by atoms with E-state index in [2.05, 4.69) is 34.0 Å². The highest BCUT2D eigenvalue weighted by Crippen LogP contribution is 2.08. The van der Waals surface area contributed by atoms with Crippen LogP contribution in [0.2, 0.25) is 0 Å². The summed E-state index contributed by atoms with van der Waals surface area (Å²) in [5, 5.41) is 3.28. The van der Waals surface area contributed by atoms with Crippen LogP contribution in [0.3, 0.4) is 0 Å². The Morgan fingerprint density at radius 3 is 2.81 bits per heavy atom. The molecule has 0 aliphatic heterocycles. The van der Waals surface area contributed by atoms with E-state index >= 15 is 0 Å². The van der Waals surface area contributed by atoms with E-state index in [-0.39, 0.29) is 0 Å². The Balaban J connectivity index is 2.38. The molecule has 0 aliphatic rings. The van der Waals surface area contributed by atoms with E-state index in [1.165, 1.54) is 0 Å². The summed E-state index contributed by atoms with van der Waals surface area (Å²) in [6.45, 7) is 8.59. The van der Waals surface area contributed by atoms with Crippen LogP contribution in [-0.2, 0) is 11.3 Å². The molecule has 5 nitrogen and oxygen atoms in total. The average Bonchev–Trinajstić information content (AvgIpc) is 2.75. The van der Waals surface area contributed by atoms with Gasteiger partial charge in [-0.25, -0.2) is 4.98 Å². The maximum atomic E-state index is 4.96. The third-order valence-electron chi connectivity index (χ3n) is 2.48. The standard InChI is InChI=1S/C11H22N4O/c1-4-15(5-2)11-13-9-10(14-11)8-12-6-7-16-3/h9,12H,4-8H2,1-3H3,(H,13,14). The lowest BCUT2D eigenvalue weighted by Crippen LogP contribution is -2.23. The molecule has 0 radical (unpaired) electrons. The molecular weight excluding hydrogens is 204 g/mol. The van der Waals surface area contributed by atoms with E-state index < -0.39 is 0 Å². The first-order valence-electron chi connectivity index (χ1n) is 5.80. The summed E-state index contributed by atoms with van der Waals surface area (Å²) in [5.41, 5.74) is 1.11. The number of H-pyrrole nitrogens is 1. The van der Waals surface area contributed by atoms with Gasteiger partial charge in [0.25, 0.3) is 0 Å². The molecule has 2 N–H and O–H groups in total. The summed E-state index contributed by atoms with van der Waals surface area (Å²) in [7, 11) is 1.70. The van der Waals surface area contributed by atoms with Crippen LogP contribution in [0.5, 0.6) is 0 Å². The third-order valence-corrected chi connectivity index (χ3v) is 2.48. The zero-order valence-electron chi connectivity index (χ0n) is 10.4. The molecule has 5 heteroatoms. The Hall–Kier alpha value is -1.07. The molecule has 0 saturated heterocycles. The van der Waals surface area contributed by atoms with Crippen LogP contribution < -0.4 is 10.2 Å². The number of imidazole rings is 1. The first-order chi connectivity index (χ1) is 7.81. The van der Waals surface area contributed by atoms with Crippen molar-refractivity contribution in [3.63, 3.8) is 0 Å². The molecular formula is C11H22N4O. The molecule has 16 heavy (non-hydrogen) atoms. The zero-order valence-corrected chi connectivity index (χ0v) is 10.4. The SMILES string of the molecule is CCN(CC)c1ncc(CNCCOC)[nH]1. The van der Waals surface area contributed by atoms with Gasteiger partial charge >= 0.3 is 0 Å². The predicted molar refractivity (Wildman–Crippen MR) is 65.7 cm³/mol. The Morgan fingerprint density at radius 1 is 1.44 bits per heavy atom. The second-order valence-corrected chi connectivity index (χ2v) is 3.57. The fourth-order valence-corrected chi connectivity index (χ4v) is 1.52. The lowest BCUT2D eigenvalue weighted by atomic mass is 10.4. The van der Waals surface area contributed by atoms with E-state index in [1.807, 2.05) is 6.20 Å². The van der Waals surface area contributed by atoms with Crippen molar-refractivity contribution in [2.45, 2.75) is 20.4 Å². The third kappa shape index (κ3) is 3.83. The molecule has 1 heterocycles. The molecule has 0 bridgehead atoms. The number of rotatable bonds is 8. The molecule has 0 fully saturated rings. The zero-order chi connectivity index (χ0) is 11.8. The van der Waals surface area contributed by atoms with E-state index in [0.29, 0.717) is 0 Å². The van der Waals surface area contributed by atoms with Crippen molar-refractivity contribution in [1.82, 2.24) is 15.3 Å². The van der Waals surface area contributed by atoms with E-state index in [1.54, 1.807) is 7.11 Å². The summed E-state index contributed by atoms with van der Waals surface area (Å²) >= 11 is 0. The second-order valence-electron chi connectivity index (χ2n) is 3.57. The normalized spacial score (nSPS) is 10.7. The van der Waals surface area contributed by atoms with Crippen LogP contribution in [0.25, 0.3) is 0 Å². The Bertz CT molecular complexity index is 283. The van der Waals surface area contributed by atoms with Crippen molar-refractivity contribution < 1.29 is 4.74 Å². The quantitative estimate of drug-likeness (QED) is 0.649. The minimum absolute atomic E-state index is 0.733. The van der Waals surface area contributed by atoms with Gasteiger partial charge in [0.05, 0.1) is 18.5 Å². The fourth-order valence-electron chi connectivity index (χ4n) is 1.52. The number of anilines is 1. The lowest BCUT2D eigenvalue weighted by Gasteiger charge is -2.16. The van der Waals surface area contributed by atoms with Gasteiger partial charge in [-0.3, -0.25) is 0 Å². The number of hydrogen-bond acceptors (Lipinski definition) is 4. The first-order valence-corrected chi connectivity index (χ1v) is 5.80. The van der Waals surface area contributed by atoms with Crippen LogP contribution in [0.4, 0.5) is 5.95 Å². The molecule has 0 atom stereocenters. The summed E-state index contributed by atoms with van der Waals surface area (Å²) in [4.78, 5) is 9.85. The van der Waals surface area contributed by atoms with Gasteiger partial charge in [-0.1, -0.05) is 0 Å². The average molecular weight is 226 g/mol. The maximum absolute atomic E-state index is 4.96. The van der Waals surface area contributed by atoms with Gasteiger partial charge in [0.2, 0.25) is 5.95 Å². The smallest absolute Gasteiger partial charge is 0.202 e. The maximum Gasteiger partial charge on any atom is 0.202 e. The largest absolute Gasteiger partial charge is 0.383 e. The number of aromatic nitrogens is 2. The highest BCUT2D eigenvalue weighted by atomic mass is 16.5. The molecule has 1 aromatic heterocycles. The van der Waals surface area contributed by atoms with Gasteiger partial charge in [0.15, 0.2) is 0 Å². The first kappa shape index (κ1) is 13.0. The van der Waals surface area contributed by atoms with E-state index in [4.69, 9.17) is 4.74 Å². The van der Waals surface area contributed by atoms with Crippen LogP contribution in [0.1, 0.15) is 19.5 Å². The Labute approximate surface area is 97.2 Å². The van der Waals surface area contributed by atoms with Crippen LogP contribution in [0.15, 0.2) is 6.20 Å². The molecule has 0 aliphatic carbocycles. The van der Waals surface area contributed by atoms with Crippen LogP contribution in [0, 0.1) is 0 Å². The monoisotopic (exact) mass is 226 g/mol. The van der Waals surface area contributed by atoms with Crippen LogP contribution >= 0.6 is 0 Å². The van der Waals surface area contributed by atoms with Gasteiger partial charge in [-0.2, -0.15) is 0 Å². The molecule has 1 rings (SSSR count). The summed E-state index contributed by atoms with van der Waals surface area (Å²) < 4.78 is 4.96. The van der Waals surface area contributed by atoms with Crippen molar-refractivity contribution in [3.8, 4) is 0 Å². The molecule has 92 valence electrons. The number of nitrogens with one attached hydrogen (secondary N) is 2. The van der Waals surface area contributed by atoms with Crippen molar-refractivity contribution in [1.29, 1.82) is 0 Å². The van der Waals surface area contributed by atoms with Crippen molar-refractivity contribution in [2.75, 3.05) is 38.3 Å². The Morgan fingerprint density at radius 2 is 2.19 bits per heavy atom. The molecule has 0 spiro atoms. The number of ether oxygens (including phenoxy) is 1. The topological polar surface area (TPSA) is 53.2 Å². The fraction of sp³-hybridized carbons (Fsp3) is 0.727. The van der Waals surface area contributed by atoms with Gasteiger partial charge in [0, 0.05) is 33.3 Å². The van der Waals surface area contributed by atoms with E-state index in [0.717, 1.165) is 44.4 Å². The summed E-state index contributed by atoms with van der Waals surface area (Å²) in [6.07, 6.45) is 1.88. The molecule has 0 aromatic carbocycles. The number of hydrogen-bond donors (Lipinski definition) is 2. The Kier molecular flexibility index (Phi) is 5.88. The predicted octanol–water partition coefficient (Wildman–Crippen LogP) is 0.992. The summed E-state index contributed by atoms with van der Waals surface area (Å²) in [6, 6.07) is 0. The lowest BCUT2D eigenvalue weighted by molar-refractivity contribution is 0.199. The van der Waals surface area contributed by atoms with Gasteiger partial charge in [0.1, 0.15) is 0 Å². The van der Waals surface area contributed by atoms with Crippen LogP contribution in [-0.4, -0.2) is 43.3 Å². The van der Waals surface area contributed by atoms with Gasteiger partial charge < -0.3 is 19.9 Å². The van der Waals surface area contributed by atoms with E-state index in [9.17, 15) is 0 Å². The minimum Gasteiger partial charge on any atom is -0.383 e.